The molecule has 0 saturated heterocycles. The molecule has 0 radical (unpaired) electrons. The van der Waals surface area contributed by atoms with Gasteiger partial charge in [-0.1, -0.05) is 39.5 Å². The van der Waals surface area contributed by atoms with Crippen LogP contribution in [0, 0.1) is 5.92 Å². The van der Waals surface area contributed by atoms with Gasteiger partial charge >= 0.3 is 0 Å². The Labute approximate surface area is 124 Å². The highest BCUT2D eigenvalue weighted by Crippen LogP contribution is 2.31. The molecule has 2 nitrogen and oxygen atoms in total. The first-order valence-corrected chi connectivity index (χ1v) is 8.44. The van der Waals surface area contributed by atoms with Crippen molar-refractivity contribution < 1.29 is 0 Å². The summed E-state index contributed by atoms with van der Waals surface area (Å²) in [5.41, 5.74) is 1.42. The van der Waals surface area contributed by atoms with Crippen LogP contribution in [-0.4, -0.2) is 17.6 Å². The van der Waals surface area contributed by atoms with E-state index in [4.69, 9.17) is 0 Å². The Morgan fingerprint density at radius 1 is 1.25 bits per heavy atom. The molecule has 1 aliphatic carbocycles. The molecule has 0 bridgehead atoms. The summed E-state index contributed by atoms with van der Waals surface area (Å²) in [6.45, 7) is 5.74. The Bertz CT molecular complexity index is 357. The largest absolute Gasteiger partial charge is 0.313 e. The van der Waals surface area contributed by atoms with Gasteiger partial charge in [0, 0.05) is 18.4 Å². The fraction of sp³-hybridized carbons (Fsp3) is 0.722. The number of aromatic nitrogens is 1. The first kappa shape index (κ1) is 15.5. The minimum absolute atomic E-state index is 0.575. The fourth-order valence-corrected chi connectivity index (χ4v) is 3.47. The van der Waals surface area contributed by atoms with E-state index in [1.54, 1.807) is 0 Å². The van der Waals surface area contributed by atoms with Gasteiger partial charge in [-0.15, -0.1) is 0 Å². The summed E-state index contributed by atoms with van der Waals surface area (Å²) >= 11 is 0. The second-order valence-electron chi connectivity index (χ2n) is 6.36. The average molecular weight is 274 g/mol. The summed E-state index contributed by atoms with van der Waals surface area (Å²) < 4.78 is 0. The maximum atomic E-state index is 4.14. The Morgan fingerprint density at radius 2 is 1.95 bits per heavy atom. The fourth-order valence-electron chi connectivity index (χ4n) is 3.47. The van der Waals surface area contributed by atoms with Crippen LogP contribution in [0.4, 0.5) is 0 Å². The molecule has 2 rings (SSSR count). The molecule has 2 heteroatoms. The third kappa shape index (κ3) is 4.59. The molecule has 2 unspecified atom stereocenters. The first-order chi connectivity index (χ1) is 9.81. The van der Waals surface area contributed by atoms with Crippen molar-refractivity contribution in [3.63, 3.8) is 0 Å². The zero-order chi connectivity index (χ0) is 14.2. The van der Waals surface area contributed by atoms with Gasteiger partial charge in [0.1, 0.15) is 0 Å². The summed E-state index contributed by atoms with van der Waals surface area (Å²) in [4.78, 5) is 4.14. The van der Waals surface area contributed by atoms with E-state index in [1.165, 1.54) is 50.5 Å². The quantitative estimate of drug-likeness (QED) is 0.753. The number of nitrogens with zero attached hydrogens (tertiary/aromatic N) is 1. The van der Waals surface area contributed by atoms with Crippen LogP contribution in [0.15, 0.2) is 24.5 Å². The van der Waals surface area contributed by atoms with E-state index in [9.17, 15) is 0 Å². The zero-order valence-corrected chi connectivity index (χ0v) is 13.1. The molecule has 1 N–H and O–H groups in total. The van der Waals surface area contributed by atoms with E-state index in [-0.39, 0.29) is 0 Å². The third-order valence-corrected chi connectivity index (χ3v) is 4.85. The molecule has 0 spiro atoms. The van der Waals surface area contributed by atoms with E-state index in [0.29, 0.717) is 12.0 Å². The Balaban J connectivity index is 1.91. The van der Waals surface area contributed by atoms with Gasteiger partial charge < -0.3 is 5.32 Å². The van der Waals surface area contributed by atoms with Crippen LogP contribution in [0.25, 0.3) is 0 Å². The number of hydrogen-bond acceptors (Lipinski definition) is 2. The maximum Gasteiger partial charge on any atom is 0.0270 e. The molecule has 1 fully saturated rings. The first-order valence-electron chi connectivity index (χ1n) is 8.44. The van der Waals surface area contributed by atoms with Gasteiger partial charge in [0.2, 0.25) is 0 Å². The highest BCUT2D eigenvalue weighted by atomic mass is 14.9. The van der Waals surface area contributed by atoms with Crippen molar-refractivity contribution in [3.05, 3.63) is 30.1 Å². The standard InChI is InChI=1S/C18H30N2/c1-3-12-20-18(9-8-16-6-4-5-7-16)15(2)17-10-13-19-14-11-17/h10-11,13-16,18,20H,3-9,12H2,1-2H3. The predicted octanol–water partition coefficient (Wildman–Crippen LogP) is 4.52. The lowest BCUT2D eigenvalue weighted by Gasteiger charge is -2.26. The Hall–Kier alpha value is -0.890. The van der Waals surface area contributed by atoms with Gasteiger partial charge in [0.25, 0.3) is 0 Å². The molecule has 20 heavy (non-hydrogen) atoms. The van der Waals surface area contributed by atoms with Gasteiger partial charge in [-0.05, 0) is 55.3 Å². The van der Waals surface area contributed by atoms with Crippen molar-refractivity contribution >= 4 is 0 Å². The van der Waals surface area contributed by atoms with E-state index in [1.807, 2.05) is 12.4 Å². The van der Waals surface area contributed by atoms with Crippen molar-refractivity contribution in [1.29, 1.82) is 0 Å². The molecule has 0 aromatic carbocycles. The van der Waals surface area contributed by atoms with Crippen molar-refractivity contribution in [1.82, 2.24) is 10.3 Å². The number of rotatable bonds is 8. The SMILES string of the molecule is CCCNC(CCC1CCCC1)C(C)c1ccncc1. The summed E-state index contributed by atoms with van der Waals surface area (Å²) in [7, 11) is 0. The smallest absolute Gasteiger partial charge is 0.0270 e. The minimum atomic E-state index is 0.575. The summed E-state index contributed by atoms with van der Waals surface area (Å²) in [6.07, 6.45) is 13.6. The summed E-state index contributed by atoms with van der Waals surface area (Å²) in [6, 6.07) is 4.94. The highest BCUT2D eigenvalue weighted by molar-refractivity contribution is 5.17. The average Bonchev–Trinajstić information content (AvgIpc) is 3.01. The Kier molecular flexibility index (Phi) is 6.52. The second-order valence-corrected chi connectivity index (χ2v) is 6.36. The lowest BCUT2D eigenvalue weighted by Crippen LogP contribution is -2.34. The van der Waals surface area contributed by atoms with Crippen LogP contribution in [0.5, 0.6) is 0 Å². The van der Waals surface area contributed by atoms with Crippen LogP contribution >= 0.6 is 0 Å². The molecule has 0 aliphatic heterocycles. The van der Waals surface area contributed by atoms with Crippen LogP contribution in [0.3, 0.4) is 0 Å². The van der Waals surface area contributed by atoms with Crippen LogP contribution < -0.4 is 5.32 Å². The van der Waals surface area contributed by atoms with Gasteiger partial charge in [0.15, 0.2) is 0 Å². The van der Waals surface area contributed by atoms with Gasteiger partial charge in [-0.25, -0.2) is 0 Å². The molecular formula is C18H30N2. The molecule has 0 amide bonds. The lowest BCUT2D eigenvalue weighted by molar-refractivity contribution is 0.371. The Morgan fingerprint density at radius 3 is 2.60 bits per heavy atom. The molecule has 1 aromatic rings. The van der Waals surface area contributed by atoms with Crippen molar-refractivity contribution in [3.8, 4) is 0 Å². The molecule has 1 aromatic heterocycles. The number of hydrogen-bond donors (Lipinski definition) is 1. The number of pyridine rings is 1. The van der Waals surface area contributed by atoms with E-state index >= 15 is 0 Å². The lowest BCUT2D eigenvalue weighted by atomic mass is 9.88. The maximum absolute atomic E-state index is 4.14. The van der Waals surface area contributed by atoms with Crippen molar-refractivity contribution in [2.75, 3.05) is 6.54 Å². The summed E-state index contributed by atoms with van der Waals surface area (Å²) in [5, 5.41) is 3.77. The van der Waals surface area contributed by atoms with Crippen molar-refractivity contribution in [2.24, 2.45) is 5.92 Å². The van der Waals surface area contributed by atoms with Crippen LogP contribution in [0.2, 0.25) is 0 Å². The van der Waals surface area contributed by atoms with Gasteiger partial charge in [-0.2, -0.15) is 0 Å². The molecule has 1 aliphatic rings. The third-order valence-electron chi connectivity index (χ3n) is 4.85. The molecular weight excluding hydrogens is 244 g/mol. The van der Waals surface area contributed by atoms with Crippen LogP contribution in [-0.2, 0) is 0 Å². The zero-order valence-electron chi connectivity index (χ0n) is 13.1. The predicted molar refractivity (Wildman–Crippen MR) is 85.9 cm³/mol. The topological polar surface area (TPSA) is 24.9 Å². The molecule has 2 atom stereocenters. The van der Waals surface area contributed by atoms with Crippen molar-refractivity contribution in [2.45, 2.75) is 70.8 Å². The van der Waals surface area contributed by atoms with E-state index in [0.717, 1.165) is 12.5 Å². The molecule has 1 saturated carbocycles. The van der Waals surface area contributed by atoms with E-state index in [2.05, 4.69) is 36.3 Å². The highest BCUT2D eigenvalue weighted by Gasteiger charge is 2.21. The number of nitrogens with one attached hydrogen (secondary N) is 1. The van der Waals surface area contributed by atoms with Gasteiger partial charge in [-0.3, -0.25) is 4.98 Å². The van der Waals surface area contributed by atoms with E-state index < -0.39 is 0 Å². The summed E-state index contributed by atoms with van der Waals surface area (Å²) in [5.74, 6) is 1.57. The second kappa shape index (κ2) is 8.41. The minimum Gasteiger partial charge on any atom is -0.313 e. The molecule has 1 heterocycles. The normalized spacial score (nSPS) is 19.1. The van der Waals surface area contributed by atoms with Crippen LogP contribution in [0.1, 0.15) is 70.3 Å². The monoisotopic (exact) mass is 274 g/mol. The molecule has 112 valence electrons. The van der Waals surface area contributed by atoms with Gasteiger partial charge in [0.05, 0.1) is 0 Å².